The van der Waals surface area contributed by atoms with E-state index in [1.165, 1.54) is 11.0 Å². The number of carbonyl (C=O) groups is 1. The minimum absolute atomic E-state index is 0.160. The van der Waals surface area contributed by atoms with Gasteiger partial charge in [-0.1, -0.05) is 6.92 Å². The maximum atomic E-state index is 12.5. The lowest BCUT2D eigenvalue weighted by Crippen LogP contribution is -2.40. The molecule has 0 N–H and O–H groups in total. The average Bonchev–Trinajstić information content (AvgIpc) is 2.64. The molecule has 2 nitrogen and oxygen atoms in total. The molecule has 1 fully saturated rings. The molecule has 15 heavy (non-hydrogen) atoms. The number of hydrogen-bond donors (Lipinski definition) is 0. The van der Waals surface area contributed by atoms with Crippen LogP contribution in [-0.4, -0.2) is 29.1 Å². The van der Waals surface area contributed by atoms with Gasteiger partial charge in [0.1, 0.15) is 0 Å². The van der Waals surface area contributed by atoms with Crippen LogP contribution in [0.15, 0.2) is 11.6 Å². The molecule has 1 saturated heterocycles. The molecule has 2 aliphatic rings. The van der Waals surface area contributed by atoms with Gasteiger partial charge in [0.25, 0.3) is 0 Å². The maximum Gasteiger partial charge on any atom is 0.414 e. The van der Waals surface area contributed by atoms with Gasteiger partial charge < -0.3 is 4.90 Å². The van der Waals surface area contributed by atoms with Gasteiger partial charge in [-0.25, -0.2) is 0 Å². The standard InChI is InChI=1S/C10H12F3NO/c1-2-9-4-3-8(15)14(9)6-7(5-9)10(11,12)13/h5H,2-4,6H2,1H3. The molecule has 2 aliphatic heterocycles. The van der Waals surface area contributed by atoms with E-state index in [4.69, 9.17) is 0 Å². The molecule has 1 atom stereocenters. The molecule has 5 heteroatoms. The molecule has 0 aromatic heterocycles. The lowest BCUT2D eigenvalue weighted by molar-refractivity contribution is -0.130. The predicted molar refractivity (Wildman–Crippen MR) is 48.1 cm³/mol. The zero-order valence-electron chi connectivity index (χ0n) is 8.40. The quantitative estimate of drug-likeness (QED) is 0.619. The molecule has 2 heterocycles. The second-order valence-electron chi connectivity index (χ2n) is 4.10. The molecule has 0 bridgehead atoms. The van der Waals surface area contributed by atoms with Crippen LogP contribution >= 0.6 is 0 Å². The van der Waals surface area contributed by atoms with Gasteiger partial charge in [0, 0.05) is 6.42 Å². The molecular formula is C10H12F3NO. The summed E-state index contributed by atoms with van der Waals surface area (Å²) in [4.78, 5) is 12.8. The van der Waals surface area contributed by atoms with Gasteiger partial charge in [0.05, 0.1) is 17.7 Å². The normalized spacial score (nSPS) is 30.8. The number of amides is 1. The van der Waals surface area contributed by atoms with Crippen LogP contribution in [0.5, 0.6) is 0 Å². The number of halogens is 3. The third-order valence-electron chi connectivity index (χ3n) is 3.36. The molecule has 84 valence electrons. The summed E-state index contributed by atoms with van der Waals surface area (Å²) in [5.41, 5.74) is -1.22. The first kappa shape index (κ1) is 10.5. The van der Waals surface area contributed by atoms with Crippen LogP contribution in [0, 0.1) is 0 Å². The van der Waals surface area contributed by atoms with Gasteiger partial charge in [0.15, 0.2) is 0 Å². The van der Waals surface area contributed by atoms with Gasteiger partial charge in [-0.3, -0.25) is 4.79 Å². The van der Waals surface area contributed by atoms with Crippen LogP contribution in [0.4, 0.5) is 13.2 Å². The van der Waals surface area contributed by atoms with E-state index in [1.54, 1.807) is 0 Å². The van der Waals surface area contributed by atoms with Gasteiger partial charge in [0.2, 0.25) is 5.91 Å². The summed E-state index contributed by atoms with van der Waals surface area (Å²) in [6.45, 7) is 1.55. The first-order valence-corrected chi connectivity index (χ1v) is 4.98. The molecule has 2 rings (SSSR count). The fourth-order valence-corrected chi connectivity index (χ4v) is 2.42. The van der Waals surface area contributed by atoms with E-state index in [-0.39, 0.29) is 12.5 Å². The molecule has 0 spiro atoms. The minimum Gasteiger partial charge on any atom is -0.329 e. The van der Waals surface area contributed by atoms with E-state index in [2.05, 4.69) is 0 Å². The molecular weight excluding hydrogens is 207 g/mol. The highest BCUT2D eigenvalue weighted by atomic mass is 19.4. The smallest absolute Gasteiger partial charge is 0.329 e. The number of nitrogens with zero attached hydrogens (tertiary/aromatic N) is 1. The Morgan fingerprint density at radius 2 is 2.20 bits per heavy atom. The van der Waals surface area contributed by atoms with E-state index in [0.29, 0.717) is 19.3 Å². The van der Waals surface area contributed by atoms with Gasteiger partial charge in [-0.2, -0.15) is 13.2 Å². The topological polar surface area (TPSA) is 20.3 Å². The van der Waals surface area contributed by atoms with Crippen LogP contribution in [0.25, 0.3) is 0 Å². The molecule has 0 saturated carbocycles. The fourth-order valence-electron chi connectivity index (χ4n) is 2.42. The van der Waals surface area contributed by atoms with Crippen molar-refractivity contribution in [2.75, 3.05) is 6.54 Å². The monoisotopic (exact) mass is 219 g/mol. The Morgan fingerprint density at radius 3 is 2.67 bits per heavy atom. The third-order valence-corrected chi connectivity index (χ3v) is 3.36. The number of rotatable bonds is 1. The van der Waals surface area contributed by atoms with Crippen LogP contribution in [-0.2, 0) is 4.79 Å². The van der Waals surface area contributed by atoms with E-state index >= 15 is 0 Å². The summed E-state index contributed by atoms with van der Waals surface area (Å²) in [6.07, 6.45) is -1.61. The van der Waals surface area contributed by atoms with Crippen LogP contribution < -0.4 is 0 Å². The second kappa shape index (κ2) is 3.00. The van der Waals surface area contributed by atoms with E-state index in [0.717, 1.165) is 0 Å². The largest absolute Gasteiger partial charge is 0.414 e. The average molecular weight is 219 g/mol. The number of alkyl halides is 3. The van der Waals surface area contributed by atoms with Crippen molar-refractivity contribution in [3.8, 4) is 0 Å². The SMILES string of the molecule is CCC12C=C(C(F)(F)F)CN1C(=O)CC2. The van der Waals surface area contributed by atoms with Gasteiger partial charge in [-0.05, 0) is 18.9 Å². The summed E-state index contributed by atoms with van der Waals surface area (Å²) in [6, 6.07) is 0. The Kier molecular flexibility index (Phi) is 2.10. The maximum absolute atomic E-state index is 12.5. The van der Waals surface area contributed by atoms with Crippen LogP contribution in [0.2, 0.25) is 0 Å². The Hall–Kier alpha value is -1.00. The van der Waals surface area contributed by atoms with Crippen molar-refractivity contribution in [2.24, 2.45) is 0 Å². The lowest BCUT2D eigenvalue weighted by Gasteiger charge is -2.29. The summed E-state index contributed by atoms with van der Waals surface area (Å²) in [5.74, 6) is -0.160. The zero-order chi connectivity index (χ0) is 11.3. The van der Waals surface area contributed by atoms with Gasteiger partial charge in [-0.15, -0.1) is 0 Å². The highest BCUT2D eigenvalue weighted by Crippen LogP contribution is 2.44. The Labute approximate surface area is 85.7 Å². The zero-order valence-corrected chi connectivity index (χ0v) is 8.40. The Morgan fingerprint density at radius 1 is 1.53 bits per heavy atom. The number of fused-ring (bicyclic) bond motifs is 1. The van der Waals surface area contributed by atoms with Crippen molar-refractivity contribution in [1.82, 2.24) is 4.90 Å². The first-order chi connectivity index (χ1) is 6.89. The lowest BCUT2D eigenvalue weighted by atomic mass is 9.94. The minimum atomic E-state index is -4.30. The summed E-state index contributed by atoms with van der Waals surface area (Å²) < 4.78 is 37.5. The predicted octanol–water partition coefficient (Wildman–Crippen LogP) is 2.26. The molecule has 0 aromatic carbocycles. The Bertz CT molecular complexity index is 334. The summed E-state index contributed by atoms with van der Waals surface area (Å²) >= 11 is 0. The van der Waals surface area contributed by atoms with Crippen molar-refractivity contribution in [1.29, 1.82) is 0 Å². The first-order valence-electron chi connectivity index (χ1n) is 4.98. The molecule has 0 aliphatic carbocycles. The number of hydrogen-bond acceptors (Lipinski definition) is 1. The molecule has 0 aromatic rings. The molecule has 0 radical (unpaired) electrons. The van der Waals surface area contributed by atoms with Gasteiger partial charge >= 0.3 is 6.18 Å². The van der Waals surface area contributed by atoms with E-state index in [9.17, 15) is 18.0 Å². The number of carbonyl (C=O) groups excluding carboxylic acids is 1. The summed E-state index contributed by atoms with van der Waals surface area (Å²) in [7, 11) is 0. The van der Waals surface area contributed by atoms with Crippen molar-refractivity contribution in [3.05, 3.63) is 11.6 Å². The second-order valence-corrected chi connectivity index (χ2v) is 4.10. The van der Waals surface area contributed by atoms with E-state index in [1.807, 2.05) is 6.92 Å². The van der Waals surface area contributed by atoms with Crippen LogP contribution in [0.3, 0.4) is 0 Å². The fraction of sp³-hybridized carbons (Fsp3) is 0.700. The van der Waals surface area contributed by atoms with Crippen molar-refractivity contribution < 1.29 is 18.0 Å². The van der Waals surface area contributed by atoms with E-state index < -0.39 is 17.3 Å². The highest BCUT2D eigenvalue weighted by Gasteiger charge is 2.51. The molecule has 1 amide bonds. The van der Waals surface area contributed by atoms with Crippen molar-refractivity contribution in [2.45, 2.75) is 37.9 Å². The third kappa shape index (κ3) is 1.44. The van der Waals surface area contributed by atoms with Crippen molar-refractivity contribution in [3.63, 3.8) is 0 Å². The van der Waals surface area contributed by atoms with Crippen LogP contribution in [0.1, 0.15) is 26.2 Å². The Balaban J connectivity index is 2.34. The van der Waals surface area contributed by atoms with Crippen molar-refractivity contribution >= 4 is 5.91 Å². The molecule has 1 unspecified atom stereocenters. The highest BCUT2D eigenvalue weighted by molar-refractivity contribution is 5.81. The summed E-state index contributed by atoms with van der Waals surface area (Å²) in [5, 5.41) is 0.